The molecule has 1 aliphatic heterocycles. The van der Waals surface area contributed by atoms with Crippen LogP contribution in [0.15, 0.2) is 18.2 Å². The van der Waals surface area contributed by atoms with Gasteiger partial charge in [0.25, 0.3) is 0 Å². The molecule has 1 N–H and O–H groups in total. The van der Waals surface area contributed by atoms with Gasteiger partial charge < -0.3 is 10.2 Å². The predicted octanol–water partition coefficient (Wildman–Crippen LogP) is 4.61. The van der Waals surface area contributed by atoms with E-state index in [0.717, 1.165) is 23.5 Å². The first-order chi connectivity index (χ1) is 10.1. The maximum atomic E-state index is 6.23. The maximum Gasteiger partial charge on any atom is 0.0415 e. The van der Waals surface area contributed by atoms with E-state index in [1.807, 2.05) is 6.07 Å². The molecule has 2 aliphatic rings. The van der Waals surface area contributed by atoms with E-state index in [0.29, 0.717) is 6.04 Å². The number of anilines is 1. The van der Waals surface area contributed by atoms with Crippen LogP contribution in [0.3, 0.4) is 0 Å². The minimum absolute atomic E-state index is 0.498. The zero-order chi connectivity index (χ0) is 14.8. The van der Waals surface area contributed by atoms with Gasteiger partial charge in [0.15, 0.2) is 0 Å². The number of fused-ring (bicyclic) bond motifs is 1. The van der Waals surface area contributed by atoms with Crippen molar-refractivity contribution in [2.75, 3.05) is 11.4 Å². The van der Waals surface area contributed by atoms with Gasteiger partial charge >= 0.3 is 0 Å². The van der Waals surface area contributed by atoms with Crippen LogP contribution in [0.4, 0.5) is 5.69 Å². The van der Waals surface area contributed by atoms with E-state index in [1.54, 1.807) is 0 Å². The first-order valence-corrected chi connectivity index (χ1v) is 8.81. The summed E-state index contributed by atoms with van der Waals surface area (Å²) in [5.74, 6) is 0.917. The van der Waals surface area contributed by atoms with E-state index in [9.17, 15) is 0 Å². The van der Waals surface area contributed by atoms with Crippen LogP contribution in [0.1, 0.15) is 51.5 Å². The van der Waals surface area contributed by atoms with Crippen molar-refractivity contribution in [3.63, 3.8) is 0 Å². The molecule has 1 saturated carbocycles. The molecule has 0 bridgehead atoms. The second-order valence-electron chi connectivity index (χ2n) is 6.90. The Kier molecular flexibility index (Phi) is 4.75. The van der Waals surface area contributed by atoms with E-state index < -0.39 is 0 Å². The fourth-order valence-electron chi connectivity index (χ4n) is 3.99. The molecule has 21 heavy (non-hydrogen) atoms. The summed E-state index contributed by atoms with van der Waals surface area (Å²) in [6.07, 6.45) is 6.98. The van der Waals surface area contributed by atoms with E-state index in [2.05, 4.69) is 36.2 Å². The van der Waals surface area contributed by atoms with Gasteiger partial charge in [-0.25, -0.2) is 0 Å². The average Bonchev–Trinajstić information content (AvgIpc) is 2.89. The highest BCUT2D eigenvalue weighted by molar-refractivity contribution is 6.30. The molecule has 0 aromatic heterocycles. The van der Waals surface area contributed by atoms with Crippen molar-refractivity contribution in [3.8, 4) is 0 Å². The fraction of sp³-hybridized carbons (Fsp3) is 0.667. The molecule has 0 spiro atoms. The Hall–Kier alpha value is -0.730. The molecule has 1 aliphatic carbocycles. The zero-order valence-corrected chi connectivity index (χ0v) is 14.0. The molecule has 2 atom stereocenters. The van der Waals surface area contributed by atoms with Crippen LogP contribution in [-0.4, -0.2) is 18.6 Å². The Balaban J connectivity index is 1.83. The van der Waals surface area contributed by atoms with E-state index in [-0.39, 0.29) is 0 Å². The van der Waals surface area contributed by atoms with Gasteiger partial charge in [0.2, 0.25) is 0 Å². The molecule has 1 aromatic rings. The summed E-state index contributed by atoms with van der Waals surface area (Å²) in [6, 6.07) is 7.68. The summed E-state index contributed by atoms with van der Waals surface area (Å²) in [5.41, 5.74) is 2.75. The summed E-state index contributed by atoms with van der Waals surface area (Å²) in [4.78, 5) is 2.66. The Morgan fingerprint density at radius 3 is 2.86 bits per heavy atom. The third kappa shape index (κ3) is 3.37. The summed E-state index contributed by atoms with van der Waals surface area (Å²) < 4.78 is 0. The van der Waals surface area contributed by atoms with Crippen molar-refractivity contribution >= 4 is 17.3 Å². The molecule has 2 nitrogen and oxygen atoms in total. The number of rotatable bonds is 4. The lowest BCUT2D eigenvalue weighted by molar-refractivity contribution is 0.342. The third-order valence-electron chi connectivity index (χ3n) is 5.06. The molecule has 2 fully saturated rings. The van der Waals surface area contributed by atoms with E-state index in [4.69, 9.17) is 11.6 Å². The van der Waals surface area contributed by atoms with Crippen LogP contribution in [0, 0.1) is 5.92 Å². The lowest BCUT2D eigenvalue weighted by Gasteiger charge is -2.34. The van der Waals surface area contributed by atoms with Gasteiger partial charge in [0.05, 0.1) is 0 Å². The van der Waals surface area contributed by atoms with Gasteiger partial charge in [-0.05, 0) is 48.9 Å². The van der Waals surface area contributed by atoms with Gasteiger partial charge in [-0.2, -0.15) is 0 Å². The molecule has 116 valence electrons. The lowest BCUT2D eigenvalue weighted by Crippen LogP contribution is -2.35. The number of hydrogen-bond acceptors (Lipinski definition) is 2. The lowest BCUT2D eigenvalue weighted by atomic mass is 9.85. The Labute approximate surface area is 133 Å². The summed E-state index contributed by atoms with van der Waals surface area (Å²) in [5, 5.41) is 4.39. The predicted molar refractivity (Wildman–Crippen MR) is 91.1 cm³/mol. The summed E-state index contributed by atoms with van der Waals surface area (Å²) in [7, 11) is 0. The number of hydrogen-bond donors (Lipinski definition) is 1. The molecule has 3 heteroatoms. The Bertz CT molecular complexity index is 486. The molecule has 2 unspecified atom stereocenters. The Morgan fingerprint density at radius 2 is 2.05 bits per heavy atom. The molecule has 0 amide bonds. The van der Waals surface area contributed by atoms with Crippen molar-refractivity contribution in [2.45, 2.75) is 64.6 Å². The number of halogens is 1. The highest BCUT2D eigenvalue weighted by Gasteiger charge is 2.36. The maximum absolute atomic E-state index is 6.23. The molecule has 3 rings (SSSR count). The average molecular weight is 307 g/mol. The van der Waals surface area contributed by atoms with Crippen LogP contribution in [0.2, 0.25) is 5.02 Å². The van der Waals surface area contributed by atoms with Crippen LogP contribution in [0.5, 0.6) is 0 Å². The van der Waals surface area contributed by atoms with Gasteiger partial charge in [0, 0.05) is 35.9 Å². The number of nitrogens with zero attached hydrogens (tertiary/aromatic N) is 1. The molecular formula is C18H27ClN2. The first-order valence-electron chi connectivity index (χ1n) is 8.43. The van der Waals surface area contributed by atoms with Crippen molar-refractivity contribution in [1.29, 1.82) is 0 Å². The topological polar surface area (TPSA) is 15.3 Å². The Morgan fingerprint density at radius 1 is 1.24 bits per heavy atom. The van der Waals surface area contributed by atoms with Gasteiger partial charge in [-0.1, -0.05) is 38.3 Å². The van der Waals surface area contributed by atoms with Crippen LogP contribution < -0.4 is 10.2 Å². The largest absolute Gasteiger partial charge is 0.368 e. The monoisotopic (exact) mass is 306 g/mol. The minimum Gasteiger partial charge on any atom is -0.368 e. The van der Waals surface area contributed by atoms with Crippen LogP contribution in [-0.2, 0) is 6.54 Å². The van der Waals surface area contributed by atoms with Crippen molar-refractivity contribution in [3.05, 3.63) is 28.8 Å². The third-order valence-corrected chi connectivity index (χ3v) is 5.30. The van der Waals surface area contributed by atoms with Crippen LogP contribution in [0.25, 0.3) is 0 Å². The van der Waals surface area contributed by atoms with Gasteiger partial charge in [-0.15, -0.1) is 0 Å². The van der Waals surface area contributed by atoms with Crippen molar-refractivity contribution < 1.29 is 0 Å². The van der Waals surface area contributed by atoms with Crippen LogP contribution >= 0.6 is 11.6 Å². The molecule has 1 saturated heterocycles. The van der Waals surface area contributed by atoms with Crippen molar-refractivity contribution in [2.24, 2.45) is 5.92 Å². The zero-order valence-electron chi connectivity index (χ0n) is 13.2. The standard InChI is InChI=1S/C18H27ClN2/c1-13(2)20-12-15-11-16(19)7-8-18(15)21-10-9-14-5-3-4-6-17(14)21/h7-8,11,13-14,17,20H,3-6,9-10,12H2,1-2H3. The molecular weight excluding hydrogens is 280 g/mol. The number of nitrogens with one attached hydrogen (secondary N) is 1. The van der Waals surface area contributed by atoms with E-state index in [1.165, 1.54) is 49.9 Å². The highest BCUT2D eigenvalue weighted by Crippen LogP contribution is 2.40. The second-order valence-corrected chi connectivity index (χ2v) is 7.34. The molecule has 1 heterocycles. The highest BCUT2D eigenvalue weighted by atomic mass is 35.5. The normalized spacial score (nSPS) is 25.4. The summed E-state index contributed by atoms with van der Waals surface area (Å²) >= 11 is 6.23. The first kappa shape index (κ1) is 15.2. The quantitative estimate of drug-likeness (QED) is 0.874. The minimum atomic E-state index is 0.498. The molecule has 0 radical (unpaired) electrons. The van der Waals surface area contributed by atoms with Crippen molar-refractivity contribution in [1.82, 2.24) is 5.32 Å². The van der Waals surface area contributed by atoms with Gasteiger partial charge in [-0.3, -0.25) is 0 Å². The second kappa shape index (κ2) is 6.58. The van der Waals surface area contributed by atoms with E-state index >= 15 is 0 Å². The fourth-order valence-corrected chi connectivity index (χ4v) is 4.19. The smallest absolute Gasteiger partial charge is 0.0415 e. The number of benzene rings is 1. The SMILES string of the molecule is CC(C)NCc1cc(Cl)ccc1N1CCC2CCCCC21. The molecule has 1 aromatic carbocycles. The van der Waals surface area contributed by atoms with Gasteiger partial charge in [0.1, 0.15) is 0 Å². The summed E-state index contributed by atoms with van der Waals surface area (Å²) in [6.45, 7) is 6.50.